The maximum atomic E-state index is 15.0. The highest BCUT2D eigenvalue weighted by atomic mass is 19.1. The summed E-state index contributed by atoms with van der Waals surface area (Å²) in [5, 5.41) is 11.5. The van der Waals surface area contributed by atoms with Gasteiger partial charge in [0.15, 0.2) is 11.6 Å². The van der Waals surface area contributed by atoms with E-state index in [2.05, 4.69) is 36.7 Å². The van der Waals surface area contributed by atoms with Gasteiger partial charge in [0, 0.05) is 61.5 Å². The van der Waals surface area contributed by atoms with Crippen LogP contribution in [0, 0.1) is 11.6 Å². The molecule has 0 spiro atoms. The minimum absolute atomic E-state index is 0.0237. The van der Waals surface area contributed by atoms with E-state index < -0.39 is 11.6 Å². The van der Waals surface area contributed by atoms with E-state index in [4.69, 9.17) is 4.98 Å². The third-order valence-corrected chi connectivity index (χ3v) is 7.37. The van der Waals surface area contributed by atoms with Gasteiger partial charge in [0.05, 0.1) is 6.20 Å². The van der Waals surface area contributed by atoms with Crippen LogP contribution in [0.5, 0.6) is 0 Å². The summed E-state index contributed by atoms with van der Waals surface area (Å²) in [5.41, 5.74) is 3.79. The van der Waals surface area contributed by atoms with E-state index in [-0.39, 0.29) is 23.1 Å². The number of pyridine rings is 1. The molecule has 1 unspecified atom stereocenters. The molecule has 4 aromatic rings. The lowest BCUT2D eigenvalue weighted by Gasteiger charge is -2.32. The quantitative estimate of drug-likeness (QED) is 0.420. The number of aromatic nitrogens is 5. The number of fused-ring (bicyclic) bond motifs is 2. The normalized spacial score (nSPS) is 18.1. The predicted molar refractivity (Wildman–Crippen MR) is 139 cm³/mol. The molecule has 1 atom stereocenters. The van der Waals surface area contributed by atoms with Crippen LogP contribution in [0.25, 0.3) is 22.2 Å². The topological polar surface area (TPSA) is 83.8 Å². The van der Waals surface area contributed by atoms with E-state index in [0.29, 0.717) is 22.8 Å². The van der Waals surface area contributed by atoms with Crippen LogP contribution in [-0.4, -0.2) is 55.3 Å². The van der Waals surface area contributed by atoms with E-state index >= 15 is 0 Å². The summed E-state index contributed by atoms with van der Waals surface area (Å²) in [5.74, 6) is -0.216. The molecule has 3 aromatic heterocycles. The number of hydrogen-bond donors (Lipinski definition) is 2. The Balaban J connectivity index is 1.28. The molecule has 0 aliphatic carbocycles. The molecule has 2 N–H and O–H groups in total. The van der Waals surface area contributed by atoms with Gasteiger partial charge in [0.1, 0.15) is 17.0 Å². The fraction of sp³-hybridized carbons (Fsp3) is 0.407. The zero-order chi connectivity index (χ0) is 25.7. The van der Waals surface area contributed by atoms with Crippen molar-refractivity contribution in [1.82, 2.24) is 34.9 Å². The number of nitrogens with zero attached hydrogens (tertiary/aromatic N) is 6. The molecule has 1 fully saturated rings. The number of rotatable bonds is 5. The molecule has 8 nitrogen and oxygen atoms in total. The van der Waals surface area contributed by atoms with Crippen molar-refractivity contribution >= 4 is 22.7 Å². The minimum Gasteiger partial charge on any atom is -0.315 e. The van der Waals surface area contributed by atoms with Gasteiger partial charge in [0.25, 0.3) is 0 Å². The Morgan fingerprint density at radius 1 is 1.14 bits per heavy atom. The second kappa shape index (κ2) is 9.42. The van der Waals surface area contributed by atoms with Crippen molar-refractivity contribution in [1.29, 1.82) is 0 Å². The van der Waals surface area contributed by atoms with Gasteiger partial charge in [-0.15, -0.1) is 0 Å². The highest BCUT2D eigenvalue weighted by molar-refractivity contribution is 5.87. The van der Waals surface area contributed by atoms with Crippen molar-refractivity contribution in [2.24, 2.45) is 7.05 Å². The Morgan fingerprint density at radius 3 is 2.78 bits per heavy atom. The van der Waals surface area contributed by atoms with Crippen LogP contribution in [0.2, 0.25) is 0 Å². The average molecular weight is 505 g/mol. The average Bonchev–Trinajstić information content (AvgIpc) is 3.53. The minimum atomic E-state index is -0.626. The van der Waals surface area contributed by atoms with Crippen molar-refractivity contribution in [2.45, 2.75) is 45.2 Å². The Kier molecular flexibility index (Phi) is 6.08. The van der Waals surface area contributed by atoms with Crippen LogP contribution in [0.4, 0.5) is 20.5 Å². The molecule has 1 aromatic carbocycles. The first-order valence-corrected chi connectivity index (χ1v) is 12.8. The monoisotopic (exact) mass is 504 g/mol. The van der Waals surface area contributed by atoms with Crippen molar-refractivity contribution < 1.29 is 8.78 Å². The first-order valence-electron chi connectivity index (χ1n) is 12.8. The summed E-state index contributed by atoms with van der Waals surface area (Å²) >= 11 is 0. The number of benzene rings is 1. The first-order chi connectivity index (χ1) is 17.9. The number of aryl methyl sites for hydroxylation is 1. The van der Waals surface area contributed by atoms with Crippen LogP contribution in [0.3, 0.4) is 0 Å². The molecule has 6 rings (SSSR count). The summed E-state index contributed by atoms with van der Waals surface area (Å²) in [4.78, 5) is 15.8. The number of hydrogen-bond acceptors (Lipinski definition) is 7. The molecule has 5 heterocycles. The van der Waals surface area contributed by atoms with Crippen molar-refractivity contribution in [2.75, 3.05) is 25.0 Å². The van der Waals surface area contributed by atoms with Gasteiger partial charge in [-0.05, 0) is 42.6 Å². The number of nitrogens with one attached hydrogen (secondary N) is 2. The molecule has 37 heavy (non-hydrogen) atoms. The van der Waals surface area contributed by atoms with Gasteiger partial charge in [-0.3, -0.25) is 9.58 Å². The highest BCUT2D eigenvalue weighted by Gasteiger charge is 2.26. The van der Waals surface area contributed by atoms with E-state index in [1.54, 1.807) is 17.8 Å². The molecule has 0 bridgehead atoms. The summed E-state index contributed by atoms with van der Waals surface area (Å²) in [7, 11) is 1.79. The van der Waals surface area contributed by atoms with E-state index in [1.165, 1.54) is 18.1 Å². The fourth-order valence-electron chi connectivity index (χ4n) is 5.61. The molecular weight excluding hydrogens is 474 g/mol. The molecule has 1 saturated heterocycles. The lowest BCUT2D eigenvalue weighted by atomic mass is 10.0. The lowest BCUT2D eigenvalue weighted by molar-refractivity contribution is 0.189. The third-order valence-electron chi connectivity index (χ3n) is 7.37. The molecule has 10 heteroatoms. The van der Waals surface area contributed by atoms with Gasteiger partial charge in [-0.2, -0.15) is 5.10 Å². The lowest BCUT2D eigenvalue weighted by Crippen LogP contribution is -2.40. The molecule has 2 aliphatic rings. The molecule has 0 amide bonds. The summed E-state index contributed by atoms with van der Waals surface area (Å²) in [6.45, 7) is 8.03. The van der Waals surface area contributed by atoms with Crippen LogP contribution in [0.15, 0.2) is 30.5 Å². The van der Waals surface area contributed by atoms with Crippen molar-refractivity contribution in [3.05, 3.63) is 59.0 Å². The highest BCUT2D eigenvalue weighted by Crippen LogP contribution is 2.32. The zero-order valence-electron chi connectivity index (χ0n) is 21.2. The number of anilines is 2. The standard InChI is InChI=1S/C27H30F2N8/c1-15(2)26-19-10-17(11-20(28)25(19)35-36(26)3)24-21(29)13-31-27(34-24)33-23-5-4-16-14-37(9-7-22(16)32-23)18-6-8-30-12-18/h4-5,10-11,13,15,18,30H,6-9,12,14H2,1-3H3,(H,31,32,33,34). The largest absolute Gasteiger partial charge is 0.315 e. The van der Waals surface area contributed by atoms with Crippen LogP contribution < -0.4 is 10.6 Å². The van der Waals surface area contributed by atoms with E-state index in [1.807, 2.05) is 19.9 Å². The van der Waals surface area contributed by atoms with Gasteiger partial charge < -0.3 is 10.6 Å². The second-order valence-electron chi connectivity index (χ2n) is 10.2. The van der Waals surface area contributed by atoms with E-state index in [9.17, 15) is 8.78 Å². The van der Waals surface area contributed by atoms with Crippen LogP contribution in [0.1, 0.15) is 43.1 Å². The van der Waals surface area contributed by atoms with Gasteiger partial charge in [-0.25, -0.2) is 23.7 Å². The summed E-state index contributed by atoms with van der Waals surface area (Å²) in [6.07, 6.45) is 3.16. The van der Waals surface area contributed by atoms with Crippen LogP contribution >= 0.6 is 0 Å². The Labute approximate surface area is 214 Å². The van der Waals surface area contributed by atoms with Crippen molar-refractivity contribution in [3.8, 4) is 11.3 Å². The second-order valence-corrected chi connectivity index (χ2v) is 10.2. The van der Waals surface area contributed by atoms with Crippen molar-refractivity contribution in [3.63, 3.8) is 0 Å². The third kappa shape index (κ3) is 4.44. The van der Waals surface area contributed by atoms with Gasteiger partial charge in [0.2, 0.25) is 5.95 Å². The molecule has 2 aliphatic heterocycles. The molecule has 0 radical (unpaired) electrons. The Hall–Kier alpha value is -3.50. The van der Waals surface area contributed by atoms with Gasteiger partial charge >= 0.3 is 0 Å². The smallest absolute Gasteiger partial charge is 0.229 e. The SMILES string of the molecule is CC(C)c1c2cc(-c3nc(Nc4ccc5c(n4)CCN(C4CCNC4)C5)ncc3F)cc(F)c2nn1C. The summed E-state index contributed by atoms with van der Waals surface area (Å²) < 4.78 is 31.5. The Bertz CT molecular complexity index is 1480. The Morgan fingerprint density at radius 2 is 2.00 bits per heavy atom. The number of halogens is 2. The maximum absolute atomic E-state index is 15.0. The maximum Gasteiger partial charge on any atom is 0.229 e. The predicted octanol–water partition coefficient (Wildman–Crippen LogP) is 4.29. The van der Waals surface area contributed by atoms with Gasteiger partial charge in [-0.1, -0.05) is 19.9 Å². The molecule has 0 saturated carbocycles. The first kappa shape index (κ1) is 23.9. The molecular formula is C27H30F2N8. The van der Waals surface area contributed by atoms with Crippen LogP contribution in [-0.2, 0) is 20.0 Å². The van der Waals surface area contributed by atoms with E-state index in [0.717, 1.165) is 50.2 Å². The molecule has 192 valence electrons. The zero-order valence-corrected chi connectivity index (χ0v) is 21.2. The fourth-order valence-corrected chi connectivity index (χ4v) is 5.61. The summed E-state index contributed by atoms with van der Waals surface area (Å²) in [6, 6.07) is 7.60.